The maximum absolute atomic E-state index is 12.3. The Hall–Kier alpha value is -3.02. The summed E-state index contributed by atoms with van der Waals surface area (Å²) < 4.78 is 15.5. The standard InChI is InChI=1S/C19H21NO5/c1-12-8-9-17(24-4)16(10-12)20-18(21)13(2)25-19(22)14-6-5-7-15(11-14)23-3/h5-11,13H,1-4H3,(H,20,21)/t13-/m0/s1. The molecule has 0 aliphatic rings. The molecule has 1 N–H and O–H groups in total. The average molecular weight is 343 g/mol. The smallest absolute Gasteiger partial charge is 0.339 e. The third kappa shape index (κ3) is 4.73. The second-order valence-electron chi connectivity index (χ2n) is 5.47. The van der Waals surface area contributed by atoms with Gasteiger partial charge < -0.3 is 19.5 Å². The highest BCUT2D eigenvalue weighted by Gasteiger charge is 2.20. The highest BCUT2D eigenvalue weighted by atomic mass is 16.5. The van der Waals surface area contributed by atoms with Crippen molar-refractivity contribution in [1.29, 1.82) is 0 Å². The molecule has 2 aromatic rings. The Morgan fingerprint density at radius 3 is 2.48 bits per heavy atom. The second-order valence-corrected chi connectivity index (χ2v) is 5.47. The lowest BCUT2D eigenvalue weighted by atomic mass is 10.2. The van der Waals surface area contributed by atoms with Gasteiger partial charge in [0.25, 0.3) is 5.91 Å². The number of carbonyl (C=O) groups excluding carboxylic acids is 2. The first-order chi connectivity index (χ1) is 11.9. The number of amides is 1. The third-order valence-electron chi connectivity index (χ3n) is 3.57. The van der Waals surface area contributed by atoms with Gasteiger partial charge in [0.15, 0.2) is 6.10 Å². The van der Waals surface area contributed by atoms with Crippen LogP contribution in [0.2, 0.25) is 0 Å². The van der Waals surface area contributed by atoms with Crippen LogP contribution < -0.4 is 14.8 Å². The zero-order valence-electron chi connectivity index (χ0n) is 14.7. The number of esters is 1. The number of hydrogen-bond donors (Lipinski definition) is 1. The highest BCUT2D eigenvalue weighted by Crippen LogP contribution is 2.25. The molecule has 0 unspecified atom stereocenters. The Morgan fingerprint density at radius 2 is 1.80 bits per heavy atom. The van der Waals surface area contributed by atoms with E-state index >= 15 is 0 Å². The van der Waals surface area contributed by atoms with E-state index in [4.69, 9.17) is 14.2 Å². The molecule has 6 nitrogen and oxygen atoms in total. The lowest BCUT2D eigenvalue weighted by molar-refractivity contribution is -0.123. The second kappa shape index (κ2) is 8.19. The van der Waals surface area contributed by atoms with Crippen LogP contribution in [0, 0.1) is 6.92 Å². The Kier molecular flexibility index (Phi) is 6.00. The van der Waals surface area contributed by atoms with Crippen molar-refractivity contribution in [3.05, 3.63) is 53.6 Å². The van der Waals surface area contributed by atoms with Gasteiger partial charge in [0.2, 0.25) is 0 Å². The summed E-state index contributed by atoms with van der Waals surface area (Å²) in [6.07, 6.45) is -0.969. The summed E-state index contributed by atoms with van der Waals surface area (Å²) in [6.45, 7) is 3.41. The molecular weight excluding hydrogens is 322 g/mol. The minimum Gasteiger partial charge on any atom is -0.497 e. The van der Waals surface area contributed by atoms with Crippen LogP contribution in [0.5, 0.6) is 11.5 Å². The van der Waals surface area contributed by atoms with E-state index in [0.29, 0.717) is 22.7 Å². The van der Waals surface area contributed by atoms with Crippen LogP contribution in [-0.2, 0) is 9.53 Å². The minimum atomic E-state index is -0.969. The van der Waals surface area contributed by atoms with Crippen LogP contribution in [-0.4, -0.2) is 32.2 Å². The van der Waals surface area contributed by atoms with Gasteiger partial charge in [-0.1, -0.05) is 12.1 Å². The van der Waals surface area contributed by atoms with E-state index < -0.39 is 18.0 Å². The lowest BCUT2D eigenvalue weighted by Gasteiger charge is -2.16. The molecule has 0 fully saturated rings. The van der Waals surface area contributed by atoms with Crippen molar-refractivity contribution < 1.29 is 23.8 Å². The van der Waals surface area contributed by atoms with Crippen LogP contribution in [0.25, 0.3) is 0 Å². The molecule has 1 atom stereocenters. The SMILES string of the molecule is COc1cccc(C(=O)O[C@@H](C)C(=O)Nc2cc(C)ccc2OC)c1. The monoisotopic (exact) mass is 343 g/mol. The number of methoxy groups -OCH3 is 2. The van der Waals surface area contributed by atoms with Crippen molar-refractivity contribution in [1.82, 2.24) is 0 Å². The van der Waals surface area contributed by atoms with Gasteiger partial charge in [0, 0.05) is 0 Å². The van der Waals surface area contributed by atoms with Gasteiger partial charge in [-0.15, -0.1) is 0 Å². The third-order valence-corrected chi connectivity index (χ3v) is 3.57. The average Bonchev–Trinajstić information content (AvgIpc) is 2.61. The first kappa shape index (κ1) is 18.3. The van der Waals surface area contributed by atoms with Gasteiger partial charge >= 0.3 is 5.97 Å². The van der Waals surface area contributed by atoms with E-state index in [9.17, 15) is 9.59 Å². The van der Waals surface area contributed by atoms with Crippen LogP contribution >= 0.6 is 0 Å². The molecule has 0 radical (unpaired) electrons. The Morgan fingerprint density at radius 1 is 1.04 bits per heavy atom. The number of carbonyl (C=O) groups is 2. The van der Waals surface area contributed by atoms with Gasteiger partial charge in [0.1, 0.15) is 11.5 Å². The molecule has 0 heterocycles. The topological polar surface area (TPSA) is 73.9 Å². The lowest BCUT2D eigenvalue weighted by Crippen LogP contribution is -2.30. The summed E-state index contributed by atoms with van der Waals surface area (Å²) in [4.78, 5) is 24.5. The van der Waals surface area contributed by atoms with E-state index in [1.807, 2.05) is 13.0 Å². The molecule has 0 saturated heterocycles. The highest BCUT2D eigenvalue weighted by molar-refractivity contribution is 5.98. The quantitative estimate of drug-likeness (QED) is 0.816. The molecule has 1 amide bonds. The van der Waals surface area contributed by atoms with Crippen molar-refractivity contribution in [3.63, 3.8) is 0 Å². The van der Waals surface area contributed by atoms with E-state index in [2.05, 4.69) is 5.32 Å². The number of aryl methyl sites for hydroxylation is 1. The summed E-state index contributed by atoms with van der Waals surface area (Å²) in [5.74, 6) is 0.0271. The first-order valence-corrected chi connectivity index (χ1v) is 7.75. The zero-order valence-corrected chi connectivity index (χ0v) is 14.7. The molecular formula is C19H21NO5. The maximum Gasteiger partial charge on any atom is 0.339 e. The minimum absolute atomic E-state index is 0.312. The number of benzene rings is 2. The molecule has 0 aliphatic heterocycles. The van der Waals surface area contributed by atoms with E-state index in [-0.39, 0.29) is 0 Å². The van der Waals surface area contributed by atoms with Gasteiger partial charge in [-0.2, -0.15) is 0 Å². The van der Waals surface area contributed by atoms with Crippen molar-refractivity contribution >= 4 is 17.6 Å². The summed E-state index contributed by atoms with van der Waals surface area (Å²) in [6, 6.07) is 12.0. The molecule has 132 valence electrons. The molecule has 0 bridgehead atoms. The molecule has 2 aromatic carbocycles. The van der Waals surface area contributed by atoms with Crippen LogP contribution in [0.3, 0.4) is 0 Å². The maximum atomic E-state index is 12.3. The van der Waals surface area contributed by atoms with Crippen molar-refractivity contribution in [2.75, 3.05) is 19.5 Å². The molecule has 2 rings (SSSR count). The fraction of sp³-hybridized carbons (Fsp3) is 0.263. The summed E-state index contributed by atoms with van der Waals surface area (Å²) in [5, 5.41) is 2.72. The van der Waals surface area contributed by atoms with Gasteiger partial charge in [-0.05, 0) is 49.7 Å². The fourth-order valence-corrected chi connectivity index (χ4v) is 2.19. The first-order valence-electron chi connectivity index (χ1n) is 7.75. The fourth-order valence-electron chi connectivity index (χ4n) is 2.19. The molecule has 25 heavy (non-hydrogen) atoms. The predicted molar refractivity (Wildman–Crippen MR) is 94.2 cm³/mol. The van der Waals surface area contributed by atoms with Crippen molar-refractivity contribution in [2.45, 2.75) is 20.0 Å². The van der Waals surface area contributed by atoms with Gasteiger partial charge in [-0.25, -0.2) is 4.79 Å². The van der Waals surface area contributed by atoms with Gasteiger partial charge in [-0.3, -0.25) is 4.79 Å². The van der Waals surface area contributed by atoms with E-state index in [0.717, 1.165) is 5.56 Å². The Bertz CT molecular complexity index is 772. The summed E-state index contributed by atoms with van der Waals surface area (Å²) in [7, 11) is 3.03. The Balaban J connectivity index is 2.05. The number of rotatable bonds is 6. The zero-order chi connectivity index (χ0) is 18.4. The van der Waals surface area contributed by atoms with E-state index in [1.54, 1.807) is 36.4 Å². The number of nitrogens with one attached hydrogen (secondary N) is 1. The normalized spacial score (nSPS) is 11.4. The molecule has 6 heteroatoms. The molecule has 0 saturated carbocycles. The summed E-state index contributed by atoms with van der Waals surface area (Å²) >= 11 is 0. The van der Waals surface area contributed by atoms with Gasteiger partial charge in [0.05, 0.1) is 25.5 Å². The largest absolute Gasteiger partial charge is 0.497 e. The van der Waals surface area contributed by atoms with Crippen molar-refractivity contribution in [2.24, 2.45) is 0 Å². The molecule has 0 spiro atoms. The van der Waals surface area contributed by atoms with Crippen LogP contribution in [0.15, 0.2) is 42.5 Å². The number of ether oxygens (including phenoxy) is 3. The van der Waals surface area contributed by atoms with Crippen LogP contribution in [0.1, 0.15) is 22.8 Å². The number of hydrogen-bond acceptors (Lipinski definition) is 5. The van der Waals surface area contributed by atoms with Crippen LogP contribution in [0.4, 0.5) is 5.69 Å². The van der Waals surface area contributed by atoms with E-state index in [1.165, 1.54) is 21.1 Å². The molecule has 0 aromatic heterocycles. The Labute approximate surface area is 146 Å². The van der Waals surface area contributed by atoms with Crippen molar-refractivity contribution in [3.8, 4) is 11.5 Å². The predicted octanol–water partition coefficient (Wildman–Crippen LogP) is 3.20. The number of anilines is 1. The summed E-state index contributed by atoms with van der Waals surface area (Å²) in [5.41, 5.74) is 1.81. The molecule has 0 aliphatic carbocycles.